The molecule has 2 amide bonds. The second kappa shape index (κ2) is 11.4. The van der Waals surface area contributed by atoms with Crippen molar-refractivity contribution in [1.29, 1.82) is 0 Å². The summed E-state index contributed by atoms with van der Waals surface area (Å²) >= 11 is 0. The minimum absolute atomic E-state index is 0.0937. The van der Waals surface area contributed by atoms with Crippen LogP contribution in [0.5, 0.6) is 5.75 Å². The Morgan fingerprint density at radius 3 is 2.38 bits per heavy atom. The van der Waals surface area contributed by atoms with E-state index in [1.165, 1.54) is 0 Å². The topological polar surface area (TPSA) is 79.5 Å². The molecule has 0 aliphatic rings. The van der Waals surface area contributed by atoms with Gasteiger partial charge in [0.05, 0.1) is 6.54 Å². The summed E-state index contributed by atoms with van der Waals surface area (Å²) in [7, 11) is 0. The fraction of sp³-hybridized carbons (Fsp3) is 0.154. The highest BCUT2D eigenvalue weighted by atomic mass is 16.5. The standard InChI is InChI=1S/C26H27N3O3/c1-19(2)18-32-24-13-11-22(12-14-24)27-17-25(30)29-23-10-6-9-21(15-23)26(31)28-16-20-7-4-3-5-8-20/h3-15,27H,1,16-18H2,2H3,(H,28,31)(H,29,30). The van der Waals surface area contributed by atoms with E-state index in [2.05, 4.69) is 22.5 Å². The van der Waals surface area contributed by atoms with Crippen LogP contribution in [-0.2, 0) is 11.3 Å². The Balaban J connectivity index is 1.47. The average molecular weight is 430 g/mol. The van der Waals surface area contributed by atoms with Crippen molar-refractivity contribution in [2.45, 2.75) is 13.5 Å². The van der Waals surface area contributed by atoms with Gasteiger partial charge in [0, 0.05) is 23.5 Å². The zero-order valence-corrected chi connectivity index (χ0v) is 18.1. The summed E-state index contributed by atoms with van der Waals surface area (Å²) in [5, 5.41) is 8.76. The second-order valence-corrected chi connectivity index (χ2v) is 7.42. The molecular weight excluding hydrogens is 402 g/mol. The third kappa shape index (κ3) is 7.32. The number of hydrogen-bond donors (Lipinski definition) is 3. The quantitative estimate of drug-likeness (QED) is 0.411. The van der Waals surface area contributed by atoms with E-state index in [0.29, 0.717) is 24.4 Å². The first-order valence-electron chi connectivity index (χ1n) is 10.3. The van der Waals surface area contributed by atoms with E-state index in [9.17, 15) is 9.59 Å². The fourth-order valence-corrected chi connectivity index (χ4v) is 2.88. The lowest BCUT2D eigenvalue weighted by Gasteiger charge is -2.10. The van der Waals surface area contributed by atoms with E-state index in [1.54, 1.807) is 24.3 Å². The van der Waals surface area contributed by atoms with E-state index in [0.717, 1.165) is 22.6 Å². The van der Waals surface area contributed by atoms with Crippen LogP contribution < -0.4 is 20.7 Å². The van der Waals surface area contributed by atoms with E-state index in [4.69, 9.17) is 4.74 Å². The van der Waals surface area contributed by atoms with Gasteiger partial charge in [-0.3, -0.25) is 9.59 Å². The molecule has 3 aromatic carbocycles. The predicted molar refractivity (Wildman–Crippen MR) is 128 cm³/mol. The Morgan fingerprint density at radius 2 is 1.66 bits per heavy atom. The molecule has 0 bridgehead atoms. The van der Waals surface area contributed by atoms with Crippen molar-refractivity contribution < 1.29 is 14.3 Å². The van der Waals surface area contributed by atoms with Gasteiger partial charge in [0.1, 0.15) is 12.4 Å². The first-order chi connectivity index (χ1) is 15.5. The first kappa shape index (κ1) is 22.6. The lowest BCUT2D eigenvalue weighted by molar-refractivity contribution is -0.114. The first-order valence-corrected chi connectivity index (χ1v) is 10.3. The molecule has 0 atom stereocenters. The monoisotopic (exact) mass is 429 g/mol. The molecule has 0 aliphatic carbocycles. The molecule has 32 heavy (non-hydrogen) atoms. The van der Waals surface area contributed by atoms with E-state index in [1.807, 2.05) is 61.5 Å². The molecule has 0 aromatic heterocycles. The summed E-state index contributed by atoms with van der Waals surface area (Å²) in [6, 6.07) is 23.9. The summed E-state index contributed by atoms with van der Waals surface area (Å²) in [6.07, 6.45) is 0. The zero-order valence-electron chi connectivity index (χ0n) is 18.1. The van der Waals surface area contributed by atoms with Crippen LogP contribution >= 0.6 is 0 Å². The van der Waals surface area contributed by atoms with E-state index < -0.39 is 0 Å². The Kier molecular flexibility index (Phi) is 8.03. The smallest absolute Gasteiger partial charge is 0.251 e. The van der Waals surface area contributed by atoms with Gasteiger partial charge in [-0.2, -0.15) is 0 Å². The summed E-state index contributed by atoms with van der Waals surface area (Å²) < 4.78 is 5.56. The van der Waals surface area contributed by atoms with E-state index >= 15 is 0 Å². The fourth-order valence-electron chi connectivity index (χ4n) is 2.88. The van der Waals surface area contributed by atoms with E-state index in [-0.39, 0.29) is 18.4 Å². The molecular formula is C26H27N3O3. The molecule has 3 aromatic rings. The lowest BCUT2D eigenvalue weighted by atomic mass is 10.1. The molecule has 3 N–H and O–H groups in total. The Hall–Kier alpha value is -4.06. The largest absolute Gasteiger partial charge is 0.489 e. The van der Waals surface area contributed by atoms with Gasteiger partial charge in [0.2, 0.25) is 5.91 Å². The van der Waals surface area contributed by atoms with Crippen molar-refractivity contribution in [1.82, 2.24) is 5.32 Å². The molecule has 0 spiro atoms. The van der Waals surface area contributed by atoms with Gasteiger partial charge in [0.25, 0.3) is 5.91 Å². The SMILES string of the molecule is C=C(C)COc1ccc(NCC(=O)Nc2cccc(C(=O)NCc3ccccc3)c2)cc1. The van der Waals surface area contributed by atoms with Gasteiger partial charge in [-0.05, 0) is 60.5 Å². The highest BCUT2D eigenvalue weighted by molar-refractivity contribution is 5.98. The van der Waals surface area contributed by atoms with Gasteiger partial charge in [-0.25, -0.2) is 0 Å². The molecule has 0 unspecified atom stereocenters. The number of amides is 2. The van der Waals surface area contributed by atoms with Crippen LogP contribution in [0.4, 0.5) is 11.4 Å². The summed E-state index contributed by atoms with van der Waals surface area (Å²) in [4.78, 5) is 24.7. The Morgan fingerprint density at radius 1 is 0.906 bits per heavy atom. The normalized spacial score (nSPS) is 10.2. The minimum Gasteiger partial charge on any atom is -0.489 e. The van der Waals surface area contributed by atoms with Crippen LogP contribution in [0.25, 0.3) is 0 Å². The molecule has 0 aliphatic heterocycles. The van der Waals surface area contributed by atoms with Crippen molar-refractivity contribution in [3.05, 3.63) is 102 Å². The summed E-state index contributed by atoms with van der Waals surface area (Å²) in [5.41, 5.74) is 3.81. The van der Waals surface area contributed by atoms with Crippen molar-refractivity contribution in [2.75, 3.05) is 23.8 Å². The van der Waals surface area contributed by atoms with Gasteiger partial charge in [0.15, 0.2) is 0 Å². The lowest BCUT2D eigenvalue weighted by Crippen LogP contribution is -2.24. The Labute approximate surface area is 188 Å². The van der Waals surface area contributed by atoms with Gasteiger partial charge in [-0.15, -0.1) is 0 Å². The molecule has 164 valence electrons. The summed E-state index contributed by atoms with van der Waals surface area (Å²) in [5.74, 6) is 0.330. The highest BCUT2D eigenvalue weighted by Gasteiger charge is 2.08. The molecule has 6 heteroatoms. The predicted octanol–water partition coefficient (Wildman–Crippen LogP) is 4.62. The van der Waals surface area contributed by atoms with Crippen LogP contribution in [-0.4, -0.2) is 25.0 Å². The third-order valence-electron chi connectivity index (χ3n) is 4.50. The third-order valence-corrected chi connectivity index (χ3v) is 4.50. The van der Waals surface area contributed by atoms with Crippen molar-refractivity contribution in [3.63, 3.8) is 0 Å². The molecule has 0 saturated carbocycles. The van der Waals surface area contributed by atoms with Gasteiger partial charge < -0.3 is 20.7 Å². The molecule has 3 rings (SSSR count). The van der Waals surface area contributed by atoms with Gasteiger partial charge >= 0.3 is 0 Å². The number of nitrogens with one attached hydrogen (secondary N) is 3. The molecule has 0 heterocycles. The molecule has 0 radical (unpaired) electrons. The van der Waals surface area contributed by atoms with Gasteiger partial charge in [-0.1, -0.05) is 43.0 Å². The Bertz CT molecular complexity index is 1060. The number of anilines is 2. The zero-order chi connectivity index (χ0) is 22.8. The van der Waals surface area contributed by atoms with Crippen molar-refractivity contribution >= 4 is 23.2 Å². The highest BCUT2D eigenvalue weighted by Crippen LogP contribution is 2.16. The maximum atomic E-state index is 12.4. The van der Waals surface area contributed by atoms with Crippen LogP contribution in [0.2, 0.25) is 0 Å². The van der Waals surface area contributed by atoms with Crippen LogP contribution in [0.1, 0.15) is 22.8 Å². The number of ether oxygens (including phenoxy) is 1. The number of carbonyl (C=O) groups excluding carboxylic acids is 2. The van der Waals surface area contributed by atoms with Crippen LogP contribution in [0.15, 0.2) is 91.0 Å². The molecule has 0 saturated heterocycles. The maximum Gasteiger partial charge on any atom is 0.251 e. The number of carbonyl (C=O) groups is 2. The van der Waals surface area contributed by atoms with Crippen molar-refractivity contribution in [2.24, 2.45) is 0 Å². The van der Waals surface area contributed by atoms with Crippen LogP contribution in [0, 0.1) is 0 Å². The second-order valence-electron chi connectivity index (χ2n) is 7.42. The minimum atomic E-state index is -0.213. The maximum absolute atomic E-state index is 12.4. The number of rotatable bonds is 10. The van der Waals surface area contributed by atoms with Crippen LogP contribution in [0.3, 0.4) is 0 Å². The molecule has 0 fully saturated rings. The van der Waals surface area contributed by atoms with Crippen molar-refractivity contribution in [3.8, 4) is 5.75 Å². The summed E-state index contributed by atoms with van der Waals surface area (Å²) in [6.45, 7) is 6.71. The number of hydrogen-bond acceptors (Lipinski definition) is 4. The average Bonchev–Trinajstić information content (AvgIpc) is 2.81. The number of benzene rings is 3. The molecule has 6 nitrogen and oxygen atoms in total.